The predicted molar refractivity (Wildman–Crippen MR) is 125 cm³/mol. The lowest BCUT2D eigenvalue weighted by Gasteiger charge is -2.08. The molecular weight excluding hydrogens is 466 g/mol. The van der Waals surface area contributed by atoms with Gasteiger partial charge in [-0.15, -0.1) is 0 Å². The highest BCUT2D eigenvalue weighted by Gasteiger charge is 2.21. The average molecular weight is 482 g/mol. The third kappa shape index (κ3) is 5.30. The molecule has 2 amide bonds. The van der Waals surface area contributed by atoms with Crippen LogP contribution in [0, 0.1) is 10.1 Å². The summed E-state index contributed by atoms with van der Waals surface area (Å²) in [5, 5.41) is 12.1. The van der Waals surface area contributed by atoms with Gasteiger partial charge in [-0.05, 0) is 42.0 Å². The molecule has 0 radical (unpaired) electrons. The summed E-state index contributed by atoms with van der Waals surface area (Å²) in [6, 6.07) is 18.3. The molecule has 1 aromatic heterocycles. The number of rotatable bonds is 6. The number of amides is 2. The molecule has 0 saturated heterocycles. The fraction of sp³-hybridized carbons (Fsp3) is 0.0455. The van der Waals surface area contributed by atoms with E-state index in [-0.39, 0.29) is 10.6 Å². The van der Waals surface area contributed by atoms with Gasteiger partial charge in [-0.3, -0.25) is 30.6 Å². The van der Waals surface area contributed by atoms with Crippen molar-refractivity contribution in [3.05, 3.63) is 98.6 Å². The molecule has 166 valence electrons. The van der Waals surface area contributed by atoms with Crippen LogP contribution >= 0.6 is 23.4 Å². The Balaban J connectivity index is 1.33. The number of nitrogens with one attached hydrogen (secondary N) is 3. The van der Waals surface area contributed by atoms with Gasteiger partial charge in [0.2, 0.25) is 0 Å². The molecule has 0 aliphatic heterocycles. The van der Waals surface area contributed by atoms with Crippen LogP contribution in [0.4, 0.5) is 5.69 Å². The number of hydrazine groups is 1. The molecule has 0 spiro atoms. The predicted octanol–water partition coefficient (Wildman–Crippen LogP) is 4.49. The van der Waals surface area contributed by atoms with Crippen molar-refractivity contribution in [2.45, 2.75) is 10.9 Å². The molecule has 1 heterocycles. The summed E-state index contributed by atoms with van der Waals surface area (Å²) in [4.78, 5) is 42.8. The third-order valence-electron chi connectivity index (χ3n) is 4.65. The zero-order valence-electron chi connectivity index (χ0n) is 16.9. The topological polar surface area (TPSA) is 130 Å². The molecule has 4 rings (SSSR count). The number of fused-ring (bicyclic) bond motifs is 1. The summed E-state index contributed by atoms with van der Waals surface area (Å²) in [5.74, 6) is -0.736. The number of para-hydroxylation sites is 2. The molecule has 0 atom stereocenters. The highest BCUT2D eigenvalue weighted by molar-refractivity contribution is 7.98. The van der Waals surface area contributed by atoms with Crippen molar-refractivity contribution in [1.82, 2.24) is 20.8 Å². The Kier molecular flexibility index (Phi) is 6.57. The summed E-state index contributed by atoms with van der Waals surface area (Å²) < 4.78 is 0. The second-order valence-electron chi connectivity index (χ2n) is 6.87. The number of nitro groups is 1. The summed E-state index contributed by atoms with van der Waals surface area (Å²) in [7, 11) is 0. The number of aromatic amines is 1. The third-order valence-corrected chi connectivity index (χ3v) is 5.83. The van der Waals surface area contributed by atoms with Crippen molar-refractivity contribution >= 4 is 51.9 Å². The number of nitrogens with zero attached hydrogens (tertiary/aromatic N) is 2. The number of halogens is 1. The van der Waals surface area contributed by atoms with Gasteiger partial charge in [0.1, 0.15) is 5.56 Å². The van der Waals surface area contributed by atoms with Crippen LogP contribution in [-0.4, -0.2) is 26.7 Å². The number of nitro benzene ring substituents is 1. The fourth-order valence-corrected chi connectivity index (χ4v) is 4.01. The van der Waals surface area contributed by atoms with Crippen molar-refractivity contribution in [1.29, 1.82) is 0 Å². The Morgan fingerprint density at radius 1 is 1.03 bits per heavy atom. The van der Waals surface area contributed by atoms with Crippen LogP contribution < -0.4 is 10.9 Å². The SMILES string of the molecule is O=C(NNC(=O)c1ccc(Cl)cc1[N+](=O)[O-])c1ccc(CSc2nc3ccccc3[nH]2)cc1. The molecule has 0 bridgehead atoms. The van der Waals surface area contributed by atoms with Gasteiger partial charge in [-0.2, -0.15) is 0 Å². The minimum atomic E-state index is -0.828. The van der Waals surface area contributed by atoms with Crippen LogP contribution in [0.2, 0.25) is 5.02 Å². The van der Waals surface area contributed by atoms with Gasteiger partial charge in [0.05, 0.1) is 16.0 Å². The van der Waals surface area contributed by atoms with E-state index in [1.54, 1.807) is 36.0 Å². The molecule has 11 heteroatoms. The van der Waals surface area contributed by atoms with Gasteiger partial charge in [-0.1, -0.05) is 47.6 Å². The van der Waals surface area contributed by atoms with Crippen molar-refractivity contribution < 1.29 is 14.5 Å². The van der Waals surface area contributed by atoms with Crippen molar-refractivity contribution in [3.8, 4) is 0 Å². The van der Waals surface area contributed by atoms with Gasteiger partial charge in [0.15, 0.2) is 5.16 Å². The summed E-state index contributed by atoms with van der Waals surface area (Å²) >= 11 is 7.29. The maximum absolute atomic E-state index is 12.3. The average Bonchev–Trinajstić information content (AvgIpc) is 3.24. The van der Waals surface area contributed by atoms with Crippen LogP contribution in [0.3, 0.4) is 0 Å². The van der Waals surface area contributed by atoms with E-state index in [2.05, 4.69) is 20.8 Å². The monoisotopic (exact) mass is 481 g/mol. The van der Waals surface area contributed by atoms with Crippen LogP contribution in [0.5, 0.6) is 0 Å². The molecule has 33 heavy (non-hydrogen) atoms. The fourth-order valence-electron chi connectivity index (χ4n) is 3.00. The van der Waals surface area contributed by atoms with Crippen LogP contribution in [-0.2, 0) is 5.75 Å². The molecule has 0 fully saturated rings. The van der Waals surface area contributed by atoms with E-state index in [1.807, 2.05) is 24.3 Å². The zero-order valence-corrected chi connectivity index (χ0v) is 18.4. The molecule has 0 saturated carbocycles. The summed E-state index contributed by atoms with van der Waals surface area (Å²) in [5.41, 5.74) is 6.94. The standard InChI is InChI=1S/C22H16ClN5O4S/c23-15-9-10-16(19(11-15)28(31)32)21(30)27-26-20(29)14-7-5-13(6-8-14)12-33-22-24-17-3-1-2-4-18(17)25-22/h1-11H,12H2,(H,24,25)(H,26,29)(H,27,30). The Labute approximate surface area is 196 Å². The van der Waals surface area contributed by atoms with E-state index in [4.69, 9.17) is 11.6 Å². The van der Waals surface area contributed by atoms with Crippen molar-refractivity contribution in [2.24, 2.45) is 0 Å². The molecule has 4 aromatic rings. The highest BCUT2D eigenvalue weighted by atomic mass is 35.5. The van der Waals surface area contributed by atoms with Gasteiger partial charge >= 0.3 is 0 Å². The smallest absolute Gasteiger partial charge is 0.283 e. The first-order chi connectivity index (χ1) is 15.9. The van der Waals surface area contributed by atoms with Crippen molar-refractivity contribution in [3.63, 3.8) is 0 Å². The lowest BCUT2D eigenvalue weighted by molar-refractivity contribution is -0.385. The van der Waals surface area contributed by atoms with E-state index in [1.165, 1.54) is 12.1 Å². The van der Waals surface area contributed by atoms with Crippen LogP contribution in [0.25, 0.3) is 11.0 Å². The molecule has 0 unspecified atom stereocenters. The van der Waals surface area contributed by atoms with Gasteiger partial charge in [0, 0.05) is 22.4 Å². The molecule has 0 aliphatic rings. The normalized spacial score (nSPS) is 10.7. The van der Waals surface area contributed by atoms with E-state index < -0.39 is 22.4 Å². The lowest BCUT2D eigenvalue weighted by atomic mass is 10.1. The first-order valence-electron chi connectivity index (χ1n) is 9.62. The molecule has 3 N–H and O–H groups in total. The highest BCUT2D eigenvalue weighted by Crippen LogP contribution is 2.24. The number of carbonyl (C=O) groups is 2. The zero-order chi connectivity index (χ0) is 23.4. The second kappa shape index (κ2) is 9.72. The number of benzene rings is 3. The van der Waals surface area contributed by atoms with Gasteiger partial charge < -0.3 is 4.98 Å². The Hall–Kier alpha value is -3.89. The Morgan fingerprint density at radius 3 is 2.48 bits per heavy atom. The summed E-state index contributed by atoms with van der Waals surface area (Å²) in [6.07, 6.45) is 0. The number of aromatic nitrogens is 2. The first kappa shape index (κ1) is 22.3. The molecule has 0 aliphatic carbocycles. The lowest BCUT2D eigenvalue weighted by Crippen LogP contribution is -2.41. The first-order valence-corrected chi connectivity index (χ1v) is 11.0. The largest absolute Gasteiger partial charge is 0.333 e. The van der Waals surface area contributed by atoms with E-state index in [9.17, 15) is 19.7 Å². The molecular formula is C22H16ClN5O4S. The number of hydrogen-bond acceptors (Lipinski definition) is 6. The number of carbonyl (C=O) groups excluding carboxylic acids is 2. The quantitative estimate of drug-likeness (QED) is 0.211. The number of thioether (sulfide) groups is 1. The molecule has 3 aromatic carbocycles. The number of H-pyrrole nitrogens is 1. The Morgan fingerprint density at radius 2 is 1.76 bits per heavy atom. The number of hydrogen-bond donors (Lipinski definition) is 3. The minimum absolute atomic E-state index is 0.126. The maximum Gasteiger partial charge on any atom is 0.283 e. The number of imidazole rings is 1. The maximum atomic E-state index is 12.3. The second-order valence-corrected chi connectivity index (χ2v) is 8.27. The van der Waals surface area contributed by atoms with E-state index >= 15 is 0 Å². The van der Waals surface area contributed by atoms with Crippen LogP contribution in [0.1, 0.15) is 26.3 Å². The molecule has 9 nitrogen and oxygen atoms in total. The minimum Gasteiger partial charge on any atom is -0.333 e. The Bertz CT molecular complexity index is 1320. The van der Waals surface area contributed by atoms with Crippen molar-refractivity contribution in [2.75, 3.05) is 0 Å². The van der Waals surface area contributed by atoms with Gasteiger partial charge in [-0.25, -0.2) is 4.98 Å². The summed E-state index contributed by atoms with van der Waals surface area (Å²) in [6.45, 7) is 0. The van der Waals surface area contributed by atoms with Crippen LogP contribution in [0.15, 0.2) is 71.9 Å². The van der Waals surface area contributed by atoms with Gasteiger partial charge in [0.25, 0.3) is 17.5 Å². The van der Waals surface area contributed by atoms with E-state index in [0.29, 0.717) is 11.3 Å². The van der Waals surface area contributed by atoms with E-state index in [0.717, 1.165) is 27.8 Å².